The van der Waals surface area contributed by atoms with Gasteiger partial charge >= 0.3 is 6.18 Å². The van der Waals surface area contributed by atoms with Crippen LogP contribution in [0.15, 0.2) is 17.2 Å². The highest BCUT2D eigenvalue weighted by Gasteiger charge is 2.42. The molecule has 2 atom stereocenters. The Kier molecular flexibility index (Phi) is 4.22. The predicted octanol–water partition coefficient (Wildman–Crippen LogP) is 2.16. The van der Waals surface area contributed by atoms with Gasteiger partial charge < -0.3 is 20.3 Å². The molecule has 0 spiro atoms. The summed E-state index contributed by atoms with van der Waals surface area (Å²) < 4.78 is 46.2. The van der Waals surface area contributed by atoms with Crippen molar-refractivity contribution in [1.82, 2.24) is 10.7 Å². The molecule has 1 aromatic rings. The molecule has 0 bridgehead atoms. The van der Waals surface area contributed by atoms with E-state index in [4.69, 9.17) is 4.74 Å². The summed E-state index contributed by atoms with van der Waals surface area (Å²) in [4.78, 5) is 13.8. The molecular formula is C18H22F3N5O2. The summed E-state index contributed by atoms with van der Waals surface area (Å²) in [6.07, 6.45) is -4.39. The molecule has 0 aliphatic carbocycles. The van der Waals surface area contributed by atoms with Gasteiger partial charge in [0.1, 0.15) is 18.4 Å². The van der Waals surface area contributed by atoms with Crippen molar-refractivity contribution in [3.8, 4) is 5.75 Å². The number of halogens is 3. The number of ether oxygens (including phenoxy) is 1. The minimum Gasteiger partial charge on any atom is -0.483 e. The molecule has 1 saturated heterocycles. The van der Waals surface area contributed by atoms with E-state index in [2.05, 4.69) is 21.2 Å². The fourth-order valence-corrected chi connectivity index (χ4v) is 3.64. The molecule has 2 unspecified atom stereocenters. The zero-order valence-corrected chi connectivity index (χ0v) is 15.8. The van der Waals surface area contributed by atoms with Crippen LogP contribution in [0.3, 0.4) is 0 Å². The van der Waals surface area contributed by atoms with Gasteiger partial charge in [-0.1, -0.05) is 0 Å². The van der Waals surface area contributed by atoms with E-state index in [-0.39, 0.29) is 23.6 Å². The van der Waals surface area contributed by atoms with E-state index in [0.29, 0.717) is 36.0 Å². The maximum absolute atomic E-state index is 13.5. The Morgan fingerprint density at radius 1 is 1.39 bits per heavy atom. The summed E-state index contributed by atoms with van der Waals surface area (Å²) in [6, 6.07) is 2.52. The summed E-state index contributed by atoms with van der Waals surface area (Å²) in [5.41, 5.74) is 3.13. The van der Waals surface area contributed by atoms with Gasteiger partial charge in [-0.3, -0.25) is 4.79 Å². The molecule has 0 radical (unpaired) electrons. The maximum Gasteiger partial charge on any atom is 0.395 e. The Bertz CT molecular complexity index is 850. The van der Waals surface area contributed by atoms with Crippen LogP contribution in [0.25, 0.3) is 0 Å². The molecule has 0 saturated carbocycles. The summed E-state index contributed by atoms with van der Waals surface area (Å²) in [7, 11) is 0. The molecule has 3 heterocycles. The summed E-state index contributed by atoms with van der Waals surface area (Å²) >= 11 is 0. The molecular weight excluding hydrogens is 375 g/mol. The molecule has 1 fully saturated rings. The number of alkyl halides is 3. The van der Waals surface area contributed by atoms with Crippen molar-refractivity contribution in [1.29, 1.82) is 0 Å². The van der Waals surface area contributed by atoms with Crippen LogP contribution in [-0.4, -0.2) is 49.2 Å². The summed E-state index contributed by atoms with van der Waals surface area (Å²) in [5.74, 6) is -1.13. The first-order valence-corrected chi connectivity index (χ1v) is 9.11. The molecule has 28 heavy (non-hydrogen) atoms. The van der Waals surface area contributed by atoms with Crippen LogP contribution in [0, 0.1) is 0 Å². The molecule has 152 valence electrons. The number of benzene rings is 1. The molecule has 4 rings (SSSR count). The molecule has 7 nitrogen and oxygen atoms in total. The monoisotopic (exact) mass is 397 g/mol. The highest BCUT2D eigenvalue weighted by molar-refractivity contribution is 6.09. The highest BCUT2D eigenvalue weighted by atomic mass is 19.4. The molecule has 1 amide bonds. The smallest absolute Gasteiger partial charge is 0.395 e. The van der Waals surface area contributed by atoms with Gasteiger partial charge in [0.2, 0.25) is 0 Å². The van der Waals surface area contributed by atoms with Crippen LogP contribution in [0.1, 0.15) is 32.3 Å². The van der Waals surface area contributed by atoms with Gasteiger partial charge in [0.05, 0.1) is 17.1 Å². The number of amidine groups is 1. The first-order chi connectivity index (χ1) is 13.1. The second kappa shape index (κ2) is 6.26. The van der Waals surface area contributed by atoms with Gasteiger partial charge in [-0.25, -0.2) is 5.43 Å². The first-order valence-electron chi connectivity index (χ1n) is 9.11. The lowest BCUT2D eigenvalue weighted by atomic mass is 9.91. The second-order valence-corrected chi connectivity index (χ2v) is 7.80. The SMILES string of the molecule is CC1C(=O)NN=C2COc3cc(C(C)C(F)(F)F)c(NC4(C)CNC4)cc3N21. The number of anilines is 2. The molecule has 10 heteroatoms. The maximum atomic E-state index is 13.5. The van der Waals surface area contributed by atoms with Crippen molar-refractivity contribution in [2.45, 2.75) is 44.4 Å². The lowest BCUT2D eigenvalue weighted by Gasteiger charge is -2.43. The lowest BCUT2D eigenvalue weighted by Crippen LogP contribution is -2.62. The second-order valence-electron chi connectivity index (χ2n) is 7.80. The van der Waals surface area contributed by atoms with E-state index < -0.39 is 18.1 Å². The first kappa shape index (κ1) is 18.9. The standard InChI is InChI=1S/C18H22F3N5O2/c1-9(18(19,20)21)11-4-14-13(5-12(11)23-17(3)7-22-8-17)26-10(2)16(27)25-24-15(26)6-28-14/h4-5,9-10,22-23H,6-8H2,1-3H3,(H,25,27). The number of fused-ring (bicyclic) bond motifs is 3. The van der Waals surface area contributed by atoms with Crippen molar-refractivity contribution in [3.63, 3.8) is 0 Å². The van der Waals surface area contributed by atoms with Crippen LogP contribution >= 0.6 is 0 Å². The average molecular weight is 397 g/mol. The topological polar surface area (TPSA) is 78.0 Å². The number of hydrogen-bond acceptors (Lipinski definition) is 6. The Balaban J connectivity index is 1.82. The molecule has 1 aromatic carbocycles. The van der Waals surface area contributed by atoms with Crippen molar-refractivity contribution in [2.24, 2.45) is 5.10 Å². The normalized spacial score (nSPS) is 24.1. The number of carbonyl (C=O) groups is 1. The van der Waals surface area contributed by atoms with E-state index in [1.165, 1.54) is 6.07 Å². The minimum absolute atomic E-state index is 0.0753. The Morgan fingerprint density at radius 2 is 2.11 bits per heavy atom. The third kappa shape index (κ3) is 3.05. The zero-order valence-electron chi connectivity index (χ0n) is 15.8. The number of carbonyl (C=O) groups excluding carboxylic acids is 1. The van der Waals surface area contributed by atoms with Crippen LogP contribution in [0.4, 0.5) is 24.5 Å². The van der Waals surface area contributed by atoms with Crippen LogP contribution in [0.5, 0.6) is 5.75 Å². The number of hydrogen-bond donors (Lipinski definition) is 3. The van der Waals surface area contributed by atoms with Crippen molar-refractivity contribution in [3.05, 3.63) is 17.7 Å². The van der Waals surface area contributed by atoms with E-state index >= 15 is 0 Å². The number of amides is 1. The Hall–Kier alpha value is -2.49. The predicted molar refractivity (Wildman–Crippen MR) is 98.8 cm³/mol. The number of hydrazone groups is 1. The van der Waals surface area contributed by atoms with E-state index in [0.717, 1.165) is 6.92 Å². The molecule has 3 aliphatic heterocycles. The minimum atomic E-state index is -4.39. The van der Waals surface area contributed by atoms with Crippen LogP contribution < -0.4 is 25.7 Å². The third-order valence-electron chi connectivity index (χ3n) is 5.51. The average Bonchev–Trinajstić information content (AvgIpc) is 2.61. The lowest BCUT2D eigenvalue weighted by molar-refractivity contribution is -0.146. The number of nitrogens with zero attached hydrogens (tertiary/aromatic N) is 2. The fourth-order valence-electron chi connectivity index (χ4n) is 3.64. The van der Waals surface area contributed by atoms with E-state index in [9.17, 15) is 18.0 Å². The van der Waals surface area contributed by atoms with Gasteiger partial charge in [0.15, 0.2) is 5.84 Å². The quantitative estimate of drug-likeness (QED) is 0.729. The van der Waals surface area contributed by atoms with E-state index in [1.807, 2.05) is 6.92 Å². The van der Waals surface area contributed by atoms with E-state index in [1.54, 1.807) is 17.9 Å². The largest absolute Gasteiger partial charge is 0.483 e. The van der Waals surface area contributed by atoms with Gasteiger partial charge in [0, 0.05) is 18.8 Å². The van der Waals surface area contributed by atoms with Gasteiger partial charge in [0.25, 0.3) is 5.91 Å². The van der Waals surface area contributed by atoms with Gasteiger partial charge in [-0.15, -0.1) is 0 Å². The highest BCUT2D eigenvalue weighted by Crippen LogP contribution is 2.45. The molecule has 3 N–H and O–H groups in total. The zero-order chi connectivity index (χ0) is 20.3. The molecule has 0 aromatic heterocycles. The number of nitrogens with one attached hydrogen (secondary N) is 3. The van der Waals surface area contributed by atoms with Crippen molar-refractivity contribution >= 4 is 23.1 Å². The van der Waals surface area contributed by atoms with Crippen molar-refractivity contribution < 1.29 is 22.7 Å². The van der Waals surface area contributed by atoms with Crippen LogP contribution in [-0.2, 0) is 4.79 Å². The molecule has 3 aliphatic rings. The summed E-state index contributed by atoms with van der Waals surface area (Å²) in [5, 5.41) is 10.4. The van der Waals surface area contributed by atoms with Crippen LogP contribution in [0.2, 0.25) is 0 Å². The summed E-state index contributed by atoms with van der Waals surface area (Å²) in [6.45, 7) is 6.18. The van der Waals surface area contributed by atoms with Gasteiger partial charge in [-0.05, 0) is 38.5 Å². The van der Waals surface area contributed by atoms with Crippen molar-refractivity contribution in [2.75, 3.05) is 29.9 Å². The fraction of sp³-hybridized carbons (Fsp3) is 0.556. The Labute approximate surface area is 160 Å². The third-order valence-corrected chi connectivity index (χ3v) is 5.51. The van der Waals surface area contributed by atoms with Gasteiger partial charge in [-0.2, -0.15) is 18.3 Å². The number of rotatable bonds is 3. The Morgan fingerprint density at radius 3 is 2.71 bits per heavy atom.